The maximum Gasteiger partial charge on any atom is 2.00 e. The molecule has 2 amide bonds. The summed E-state index contributed by atoms with van der Waals surface area (Å²) in [7, 11) is 1.46. The van der Waals surface area contributed by atoms with Gasteiger partial charge in [0.05, 0.1) is 30.7 Å². The van der Waals surface area contributed by atoms with Gasteiger partial charge in [0.15, 0.2) is 11.5 Å². The van der Waals surface area contributed by atoms with E-state index in [1.807, 2.05) is 0 Å². The van der Waals surface area contributed by atoms with Gasteiger partial charge in [-0.2, -0.15) is 0 Å². The first kappa shape index (κ1) is 32.3. The predicted octanol–water partition coefficient (Wildman–Crippen LogP) is 5.88. The Bertz CT molecular complexity index is 1690. The predicted molar refractivity (Wildman–Crippen MR) is 161 cm³/mol. The number of benzene rings is 3. The summed E-state index contributed by atoms with van der Waals surface area (Å²) < 4.78 is 30.2. The number of ether oxygens (including phenoxy) is 3. The first-order valence-corrected chi connectivity index (χ1v) is 13.2. The van der Waals surface area contributed by atoms with Gasteiger partial charge in [-0.1, -0.05) is 11.6 Å². The number of hydrogen-bond acceptors (Lipinski definition) is 7. The molecule has 3 N–H and O–H groups in total. The topological polar surface area (TPSA) is 136 Å². The Labute approximate surface area is 283 Å². The molecule has 0 saturated heterocycles. The number of aromatic nitrogens is 1. The van der Waals surface area contributed by atoms with Crippen LogP contribution >= 0.6 is 11.6 Å². The molecule has 10 nitrogen and oxygen atoms in total. The quantitative estimate of drug-likeness (QED) is 0.137. The van der Waals surface area contributed by atoms with Gasteiger partial charge in [0.25, 0.3) is 0 Å². The summed E-state index contributed by atoms with van der Waals surface area (Å²) in [5.74, 6) is -0.913. The number of rotatable bonds is 11. The van der Waals surface area contributed by atoms with E-state index in [1.54, 1.807) is 36.5 Å². The second kappa shape index (κ2) is 13.8. The Morgan fingerprint density at radius 2 is 1.63 bits per heavy atom. The van der Waals surface area contributed by atoms with E-state index in [0.717, 1.165) is 0 Å². The molecule has 220 valence electrons. The molecule has 43 heavy (non-hydrogen) atoms. The molecule has 0 atom stereocenters. The summed E-state index contributed by atoms with van der Waals surface area (Å²) in [4.78, 5) is 41.0. The van der Waals surface area contributed by atoms with Crippen molar-refractivity contribution in [2.45, 2.75) is 19.3 Å². The number of pyridine rings is 1. The third kappa shape index (κ3) is 7.48. The Morgan fingerprint density at radius 1 is 0.953 bits per heavy atom. The molecule has 0 radical (unpaired) electrons. The molecule has 0 spiro atoms. The van der Waals surface area contributed by atoms with Crippen LogP contribution in [0.1, 0.15) is 22.1 Å². The van der Waals surface area contributed by atoms with Crippen LogP contribution in [0.2, 0.25) is 5.02 Å². The summed E-state index contributed by atoms with van der Waals surface area (Å²) in [5, 5.41) is 15.1. The fourth-order valence-electron chi connectivity index (χ4n) is 4.23. The van der Waals surface area contributed by atoms with Gasteiger partial charge in [0, 0.05) is 29.0 Å². The molecule has 0 unspecified atom stereocenters. The fourth-order valence-corrected chi connectivity index (χ4v) is 4.45. The molecule has 1 aliphatic carbocycles. The van der Waals surface area contributed by atoms with E-state index in [0.29, 0.717) is 58.1 Å². The van der Waals surface area contributed by atoms with Gasteiger partial charge >= 0.3 is 43.7 Å². The molecule has 3 aromatic carbocycles. The van der Waals surface area contributed by atoms with Crippen LogP contribution in [0.3, 0.4) is 0 Å². The Kier molecular flexibility index (Phi) is 10.3. The van der Waals surface area contributed by atoms with Crippen molar-refractivity contribution in [1.29, 1.82) is 0 Å². The minimum Gasteiger partial charge on any atom is -1.00 e. The summed E-state index contributed by atoms with van der Waals surface area (Å²) in [5.41, 5.74) is 0.0735. The van der Waals surface area contributed by atoms with Gasteiger partial charge < -0.3 is 32.8 Å². The van der Waals surface area contributed by atoms with Crippen LogP contribution in [-0.2, 0) is 14.4 Å². The number of carbonyl (C=O) groups is 3. The van der Waals surface area contributed by atoms with Crippen LogP contribution in [0, 0.1) is 11.2 Å². The van der Waals surface area contributed by atoms with E-state index in [9.17, 15) is 18.8 Å². The van der Waals surface area contributed by atoms with Crippen molar-refractivity contribution in [1.82, 2.24) is 4.98 Å². The number of carboxylic acids is 1. The molecule has 1 aromatic heterocycles. The second-order valence-electron chi connectivity index (χ2n) is 9.57. The van der Waals surface area contributed by atoms with Gasteiger partial charge in [0.1, 0.15) is 22.7 Å². The summed E-state index contributed by atoms with van der Waals surface area (Å²) >= 11 is 6.50. The maximum absolute atomic E-state index is 13.2. The average molecular weight is 636 g/mol. The van der Waals surface area contributed by atoms with E-state index in [2.05, 4.69) is 15.6 Å². The molecular formula is C30H27CaClFN3O7. The van der Waals surface area contributed by atoms with E-state index >= 15 is 0 Å². The Hall–Kier alpha value is -3.64. The van der Waals surface area contributed by atoms with Crippen molar-refractivity contribution in [2.24, 2.45) is 5.41 Å². The molecule has 13 heteroatoms. The number of carbonyl (C=O) groups excluding carboxylic acids is 2. The van der Waals surface area contributed by atoms with Crippen LogP contribution in [0.4, 0.5) is 15.8 Å². The molecule has 4 aromatic rings. The normalized spacial score (nSPS) is 12.9. The first-order chi connectivity index (χ1) is 20.2. The number of nitrogens with zero attached hydrogens (tertiary/aromatic N) is 1. The van der Waals surface area contributed by atoms with Crippen molar-refractivity contribution >= 4 is 89.4 Å². The molecule has 1 saturated carbocycles. The fraction of sp³-hybridized carbons (Fsp3) is 0.200. The number of aliphatic carboxylic acids is 1. The number of hydrogen-bond donors (Lipinski definition) is 3. The molecular weight excluding hydrogens is 609 g/mol. The Balaban J connectivity index is 0.00000235. The summed E-state index contributed by atoms with van der Waals surface area (Å²) in [6.45, 7) is -0.0358. The zero-order valence-electron chi connectivity index (χ0n) is 25.0. The van der Waals surface area contributed by atoms with Crippen LogP contribution in [0.25, 0.3) is 10.9 Å². The van der Waals surface area contributed by atoms with Gasteiger partial charge in [-0.25, -0.2) is 4.39 Å². The number of halogens is 2. The zero-order valence-corrected chi connectivity index (χ0v) is 26.0. The van der Waals surface area contributed by atoms with Crippen LogP contribution in [0.5, 0.6) is 23.0 Å². The molecule has 5 rings (SSSR count). The van der Waals surface area contributed by atoms with Crippen LogP contribution in [-0.4, -0.2) is 79.3 Å². The smallest absolute Gasteiger partial charge is 1.00 e. The number of fused-ring (bicyclic) bond motifs is 1. The van der Waals surface area contributed by atoms with E-state index in [1.165, 1.54) is 37.4 Å². The number of amides is 2. The maximum atomic E-state index is 13.2. The molecule has 1 heterocycles. The van der Waals surface area contributed by atoms with Crippen molar-refractivity contribution in [3.8, 4) is 23.0 Å². The minimum atomic E-state index is -1.22. The van der Waals surface area contributed by atoms with Crippen molar-refractivity contribution in [2.75, 3.05) is 24.4 Å². The number of methoxy groups -OCH3 is 1. The largest absolute Gasteiger partial charge is 2.00 e. The first-order valence-electron chi connectivity index (χ1n) is 12.9. The average Bonchev–Trinajstić information content (AvgIpc) is 3.78. The van der Waals surface area contributed by atoms with Gasteiger partial charge in [0.2, 0.25) is 11.8 Å². The molecule has 0 bridgehead atoms. The summed E-state index contributed by atoms with van der Waals surface area (Å²) in [6.07, 6.45) is 2.13. The monoisotopic (exact) mass is 635 g/mol. The van der Waals surface area contributed by atoms with Crippen molar-refractivity contribution < 1.29 is 40.9 Å². The third-order valence-electron chi connectivity index (χ3n) is 6.69. The van der Waals surface area contributed by atoms with Crippen LogP contribution < -0.4 is 24.8 Å². The third-order valence-corrected chi connectivity index (χ3v) is 6.99. The van der Waals surface area contributed by atoms with Crippen LogP contribution in [0.15, 0.2) is 66.9 Å². The number of anilines is 2. The van der Waals surface area contributed by atoms with E-state index < -0.39 is 29.0 Å². The van der Waals surface area contributed by atoms with Crippen molar-refractivity contribution in [3.05, 3.63) is 77.7 Å². The molecule has 1 aliphatic rings. The number of carboxylic acid groups (broad SMARTS) is 1. The molecule has 1 fully saturated rings. The standard InChI is InChI=1S/C30H25ClFN3O7.Ca.2H/c1-40-25-15-20-22(16-26(25)41-13-9-27(36)37)33-12-8-23(20)42-24-7-6-19(14-21(24)31)35-29(39)30(10-11-30)28(38)34-18-4-2-17(32)3-5-18;;;/h2-8,12,14-16H,9-11,13H2,1H3,(H,34,38)(H,35,39)(H,36,37);;;/q;+2;2*-1. The summed E-state index contributed by atoms with van der Waals surface area (Å²) in [6, 6.07) is 15.0. The zero-order chi connectivity index (χ0) is 29.9. The molecule has 0 aliphatic heterocycles. The van der Waals surface area contributed by atoms with Gasteiger partial charge in [-0.05, 0) is 67.4 Å². The van der Waals surface area contributed by atoms with E-state index in [4.69, 9.17) is 30.9 Å². The second-order valence-corrected chi connectivity index (χ2v) is 9.97. The van der Waals surface area contributed by atoms with Gasteiger partial charge in [-0.3, -0.25) is 19.4 Å². The minimum absolute atomic E-state index is 0. The van der Waals surface area contributed by atoms with E-state index in [-0.39, 0.29) is 58.6 Å². The van der Waals surface area contributed by atoms with Gasteiger partial charge in [-0.15, -0.1) is 0 Å². The SMILES string of the molecule is COc1cc2c(Oc3ccc(NC(=O)C4(C(=O)Nc5ccc(F)cc5)CC4)cc3Cl)ccnc2cc1OCCC(=O)O.[Ca+2].[H-].[H-]. The Morgan fingerprint density at radius 3 is 2.26 bits per heavy atom. The number of nitrogens with one attached hydrogen (secondary N) is 2. The van der Waals surface area contributed by atoms with Crippen molar-refractivity contribution in [3.63, 3.8) is 0 Å².